The van der Waals surface area contributed by atoms with E-state index in [0.29, 0.717) is 0 Å². The van der Waals surface area contributed by atoms with Crippen LogP contribution in [0.3, 0.4) is 0 Å². The van der Waals surface area contributed by atoms with Crippen LogP contribution in [0, 0.1) is 11.3 Å². The van der Waals surface area contributed by atoms with Gasteiger partial charge in [-0.1, -0.05) is 25.7 Å². The molecule has 3 nitrogen and oxygen atoms in total. The Labute approximate surface area is 78.5 Å². The Balaban J connectivity index is 2.14. The van der Waals surface area contributed by atoms with E-state index in [-0.39, 0.29) is 11.3 Å². The average Bonchev–Trinajstić information content (AvgIpc) is 2.17. The first-order valence-electron chi connectivity index (χ1n) is 5.21. The molecular weight excluding hydrogens is 166 g/mol. The molecule has 0 saturated heterocycles. The van der Waals surface area contributed by atoms with Crippen LogP contribution in [0.1, 0.15) is 44.9 Å². The zero-order valence-electron chi connectivity index (χ0n) is 7.88. The van der Waals surface area contributed by atoms with Crippen molar-refractivity contribution in [3.8, 4) is 0 Å². The molecule has 0 heterocycles. The van der Waals surface area contributed by atoms with E-state index in [0.717, 1.165) is 38.0 Å². The lowest BCUT2D eigenvalue weighted by Crippen LogP contribution is -2.45. The molecule has 2 rings (SSSR count). The number of hydroxylamine groups is 1. The van der Waals surface area contributed by atoms with Crippen molar-refractivity contribution in [2.45, 2.75) is 44.9 Å². The third-order valence-electron chi connectivity index (χ3n) is 3.80. The highest BCUT2D eigenvalue weighted by atomic mass is 16.5. The van der Waals surface area contributed by atoms with Crippen LogP contribution in [0.4, 0.5) is 0 Å². The molecule has 3 heteroatoms. The fourth-order valence-corrected chi connectivity index (χ4v) is 3.13. The first kappa shape index (κ1) is 9.00. The highest BCUT2D eigenvalue weighted by molar-refractivity contribution is 5.81. The first-order chi connectivity index (χ1) is 6.27. The van der Waals surface area contributed by atoms with Gasteiger partial charge >= 0.3 is 0 Å². The predicted octanol–water partition coefficient (Wildman–Crippen LogP) is 1.85. The number of nitrogens with one attached hydrogen (secondary N) is 1. The normalized spacial score (nSPS) is 38.4. The first-order valence-corrected chi connectivity index (χ1v) is 5.21. The van der Waals surface area contributed by atoms with Crippen molar-refractivity contribution in [3.63, 3.8) is 0 Å². The summed E-state index contributed by atoms with van der Waals surface area (Å²) < 4.78 is 0. The molecule has 0 unspecified atom stereocenters. The van der Waals surface area contributed by atoms with Gasteiger partial charge in [-0.2, -0.15) is 0 Å². The molecule has 2 saturated carbocycles. The highest BCUT2D eigenvalue weighted by Crippen LogP contribution is 2.48. The predicted molar refractivity (Wildman–Crippen MR) is 48.2 cm³/mol. The number of amides is 1. The maximum absolute atomic E-state index is 11.5. The fourth-order valence-electron chi connectivity index (χ4n) is 3.13. The van der Waals surface area contributed by atoms with Gasteiger partial charge < -0.3 is 0 Å². The maximum Gasteiger partial charge on any atom is 0.249 e. The van der Waals surface area contributed by atoms with Gasteiger partial charge in [-0.05, 0) is 25.2 Å². The van der Waals surface area contributed by atoms with E-state index in [1.165, 1.54) is 12.8 Å². The van der Waals surface area contributed by atoms with E-state index < -0.39 is 0 Å². The Kier molecular flexibility index (Phi) is 2.28. The van der Waals surface area contributed by atoms with Gasteiger partial charge in [0.1, 0.15) is 0 Å². The Morgan fingerprint density at radius 1 is 1.31 bits per heavy atom. The average molecular weight is 183 g/mol. The molecule has 13 heavy (non-hydrogen) atoms. The molecule has 0 radical (unpaired) electrons. The second-order valence-corrected chi connectivity index (χ2v) is 4.58. The Morgan fingerprint density at radius 2 is 1.92 bits per heavy atom. The quantitative estimate of drug-likeness (QED) is 0.481. The molecule has 0 atom stereocenters. The van der Waals surface area contributed by atoms with Gasteiger partial charge in [0.2, 0.25) is 5.91 Å². The summed E-state index contributed by atoms with van der Waals surface area (Å²) in [6.45, 7) is 0. The van der Waals surface area contributed by atoms with Crippen molar-refractivity contribution in [1.82, 2.24) is 5.48 Å². The van der Waals surface area contributed by atoms with Crippen molar-refractivity contribution in [2.24, 2.45) is 11.3 Å². The maximum atomic E-state index is 11.5. The lowest BCUT2D eigenvalue weighted by Gasteiger charge is -2.43. The number of fused-ring (bicyclic) bond motifs is 2. The van der Waals surface area contributed by atoms with Crippen molar-refractivity contribution >= 4 is 5.91 Å². The van der Waals surface area contributed by atoms with Crippen LogP contribution in [0.25, 0.3) is 0 Å². The molecule has 0 spiro atoms. The van der Waals surface area contributed by atoms with Crippen LogP contribution in [-0.4, -0.2) is 11.1 Å². The Bertz CT molecular complexity index is 205. The molecule has 2 N–H and O–H groups in total. The van der Waals surface area contributed by atoms with Gasteiger partial charge in [-0.15, -0.1) is 0 Å². The van der Waals surface area contributed by atoms with Crippen LogP contribution in [-0.2, 0) is 4.79 Å². The molecule has 2 bridgehead atoms. The standard InChI is InChI=1S/C10H17NO2/c12-9(11-13)10-5-1-3-8(7-10)4-2-6-10/h8,13H,1-7H2,(H,11,12). The summed E-state index contributed by atoms with van der Waals surface area (Å²) in [5, 5.41) is 8.69. The highest BCUT2D eigenvalue weighted by Gasteiger charge is 2.44. The monoisotopic (exact) mass is 183 g/mol. The topological polar surface area (TPSA) is 49.3 Å². The molecule has 74 valence electrons. The summed E-state index contributed by atoms with van der Waals surface area (Å²) in [5.41, 5.74) is 1.63. The smallest absolute Gasteiger partial charge is 0.249 e. The van der Waals surface area contributed by atoms with Gasteiger partial charge in [0.05, 0.1) is 5.41 Å². The van der Waals surface area contributed by atoms with Crippen molar-refractivity contribution in [1.29, 1.82) is 0 Å². The van der Waals surface area contributed by atoms with Crippen LogP contribution in [0.15, 0.2) is 0 Å². The number of carbonyl (C=O) groups is 1. The third kappa shape index (κ3) is 1.46. The van der Waals surface area contributed by atoms with Crippen molar-refractivity contribution in [2.75, 3.05) is 0 Å². The molecule has 2 aliphatic carbocycles. The van der Waals surface area contributed by atoms with E-state index in [4.69, 9.17) is 5.21 Å². The van der Waals surface area contributed by atoms with Gasteiger partial charge in [0, 0.05) is 0 Å². The number of rotatable bonds is 1. The molecule has 0 aromatic heterocycles. The van der Waals surface area contributed by atoms with Gasteiger partial charge in [-0.25, -0.2) is 5.48 Å². The zero-order valence-corrected chi connectivity index (χ0v) is 7.88. The van der Waals surface area contributed by atoms with E-state index in [9.17, 15) is 4.79 Å². The van der Waals surface area contributed by atoms with E-state index in [1.807, 2.05) is 5.48 Å². The van der Waals surface area contributed by atoms with E-state index in [1.54, 1.807) is 0 Å². The van der Waals surface area contributed by atoms with Crippen LogP contribution in [0.2, 0.25) is 0 Å². The Morgan fingerprint density at radius 3 is 2.46 bits per heavy atom. The minimum Gasteiger partial charge on any atom is -0.289 e. The molecular formula is C10H17NO2. The van der Waals surface area contributed by atoms with E-state index >= 15 is 0 Å². The lowest BCUT2D eigenvalue weighted by molar-refractivity contribution is -0.145. The van der Waals surface area contributed by atoms with Gasteiger partial charge in [0.25, 0.3) is 0 Å². The molecule has 1 amide bonds. The second-order valence-electron chi connectivity index (χ2n) is 4.58. The van der Waals surface area contributed by atoms with Gasteiger partial charge in [0.15, 0.2) is 0 Å². The number of hydrogen-bond acceptors (Lipinski definition) is 2. The summed E-state index contributed by atoms with van der Waals surface area (Å²) in [7, 11) is 0. The van der Waals surface area contributed by atoms with E-state index in [2.05, 4.69) is 0 Å². The summed E-state index contributed by atoms with van der Waals surface area (Å²) in [6, 6.07) is 0. The van der Waals surface area contributed by atoms with Crippen molar-refractivity contribution < 1.29 is 10.0 Å². The number of hydrogen-bond donors (Lipinski definition) is 2. The summed E-state index contributed by atoms with van der Waals surface area (Å²) in [5.74, 6) is 0.594. The molecule has 0 aromatic carbocycles. The molecule has 0 aliphatic heterocycles. The summed E-state index contributed by atoms with van der Waals surface area (Å²) >= 11 is 0. The zero-order chi connectivity index (χ0) is 9.31. The second kappa shape index (κ2) is 3.29. The molecule has 0 aromatic rings. The minimum atomic E-state index is -0.212. The fraction of sp³-hybridized carbons (Fsp3) is 0.900. The van der Waals surface area contributed by atoms with Crippen LogP contribution in [0.5, 0.6) is 0 Å². The van der Waals surface area contributed by atoms with Crippen LogP contribution >= 0.6 is 0 Å². The third-order valence-corrected chi connectivity index (χ3v) is 3.80. The summed E-state index contributed by atoms with van der Waals surface area (Å²) in [4.78, 5) is 11.5. The minimum absolute atomic E-state index is 0.142. The lowest BCUT2D eigenvalue weighted by atomic mass is 9.62. The molecule has 2 fully saturated rings. The largest absolute Gasteiger partial charge is 0.289 e. The number of carbonyl (C=O) groups excluding carboxylic acids is 1. The summed E-state index contributed by atoms with van der Waals surface area (Å²) in [6.07, 6.45) is 7.79. The van der Waals surface area contributed by atoms with Gasteiger partial charge in [-0.3, -0.25) is 10.0 Å². The van der Waals surface area contributed by atoms with Crippen LogP contribution < -0.4 is 5.48 Å². The molecule has 2 aliphatic rings. The van der Waals surface area contributed by atoms with Crippen molar-refractivity contribution in [3.05, 3.63) is 0 Å². The Hall–Kier alpha value is -0.570. The SMILES string of the molecule is O=C(NO)C12CCCC(CCC1)C2.